The first-order chi connectivity index (χ1) is 11.2. The van der Waals surface area contributed by atoms with E-state index in [1.165, 1.54) is 20.5 Å². The Labute approximate surface area is 132 Å². The highest BCUT2D eigenvalue weighted by molar-refractivity contribution is 5.98. The van der Waals surface area contributed by atoms with Crippen molar-refractivity contribution in [3.05, 3.63) is 51.7 Å². The van der Waals surface area contributed by atoms with Crippen molar-refractivity contribution in [1.82, 2.24) is 14.9 Å². The van der Waals surface area contributed by atoms with E-state index in [1.807, 2.05) is 0 Å². The number of para-hydroxylation sites is 1. The van der Waals surface area contributed by atoms with Gasteiger partial charge in [0.2, 0.25) is 0 Å². The largest absolute Gasteiger partial charge is 0.493 e. The molecule has 1 aliphatic heterocycles. The van der Waals surface area contributed by atoms with Crippen molar-refractivity contribution < 1.29 is 14.3 Å². The highest BCUT2D eigenvalue weighted by atomic mass is 16.5. The smallest absolute Gasteiger partial charge is 0.258 e. The molecule has 1 aliphatic rings. The highest BCUT2D eigenvalue weighted by Crippen LogP contribution is 2.32. The number of aromatic nitrogens is 2. The SMILES string of the molecule is COc1cccc(C(=O)N2CCc3c(nc[nH]c3=O)C2)c1OC. The molecule has 1 amide bonds. The van der Waals surface area contributed by atoms with E-state index in [0.717, 1.165) is 0 Å². The summed E-state index contributed by atoms with van der Waals surface area (Å²) < 4.78 is 10.6. The molecule has 0 saturated carbocycles. The zero-order chi connectivity index (χ0) is 16.4. The second-order valence-corrected chi connectivity index (χ2v) is 5.17. The Morgan fingerprint density at radius 3 is 2.87 bits per heavy atom. The summed E-state index contributed by atoms with van der Waals surface area (Å²) >= 11 is 0. The fraction of sp³-hybridized carbons (Fsp3) is 0.312. The van der Waals surface area contributed by atoms with Crippen LogP contribution in [-0.4, -0.2) is 41.5 Å². The molecule has 0 radical (unpaired) electrons. The second-order valence-electron chi connectivity index (χ2n) is 5.17. The third-order valence-electron chi connectivity index (χ3n) is 3.93. The van der Waals surface area contributed by atoms with Crippen LogP contribution in [0, 0.1) is 0 Å². The van der Waals surface area contributed by atoms with Crippen LogP contribution in [0.5, 0.6) is 11.5 Å². The number of H-pyrrole nitrogens is 1. The molecule has 7 heteroatoms. The number of benzene rings is 1. The van der Waals surface area contributed by atoms with Crippen LogP contribution in [0.25, 0.3) is 0 Å². The predicted octanol–water partition coefficient (Wildman–Crippen LogP) is 0.986. The van der Waals surface area contributed by atoms with Gasteiger partial charge >= 0.3 is 0 Å². The number of hydrogen-bond donors (Lipinski definition) is 1. The molecule has 1 aromatic heterocycles. The van der Waals surface area contributed by atoms with Crippen molar-refractivity contribution in [2.45, 2.75) is 13.0 Å². The minimum atomic E-state index is -0.173. The van der Waals surface area contributed by atoms with E-state index in [0.29, 0.717) is 47.8 Å². The monoisotopic (exact) mass is 315 g/mol. The molecule has 1 aromatic carbocycles. The van der Waals surface area contributed by atoms with Gasteiger partial charge in [-0.15, -0.1) is 0 Å². The first kappa shape index (κ1) is 15.1. The van der Waals surface area contributed by atoms with Crippen molar-refractivity contribution >= 4 is 5.91 Å². The molecule has 0 saturated heterocycles. The number of methoxy groups -OCH3 is 2. The number of rotatable bonds is 3. The fourth-order valence-electron chi connectivity index (χ4n) is 2.76. The first-order valence-corrected chi connectivity index (χ1v) is 7.21. The second kappa shape index (κ2) is 6.12. The van der Waals surface area contributed by atoms with Crippen molar-refractivity contribution in [2.24, 2.45) is 0 Å². The summed E-state index contributed by atoms with van der Waals surface area (Å²) in [7, 11) is 3.03. The lowest BCUT2D eigenvalue weighted by Gasteiger charge is -2.28. The Bertz CT molecular complexity index is 800. The van der Waals surface area contributed by atoms with Crippen LogP contribution in [0.1, 0.15) is 21.6 Å². The Morgan fingerprint density at radius 1 is 1.30 bits per heavy atom. The number of nitrogens with zero attached hydrogens (tertiary/aromatic N) is 2. The van der Waals surface area contributed by atoms with E-state index in [9.17, 15) is 9.59 Å². The molecular weight excluding hydrogens is 298 g/mol. The van der Waals surface area contributed by atoms with Crippen LogP contribution in [0.15, 0.2) is 29.3 Å². The zero-order valence-electron chi connectivity index (χ0n) is 13.0. The number of carbonyl (C=O) groups excluding carboxylic acids is 1. The molecule has 0 unspecified atom stereocenters. The summed E-state index contributed by atoms with van der Waals surface area (Å²) in [6.07, 6.45) is 1.85. The summed E-state index contributed by atoms with van der Waals surface area (Å²) in [6.45, 7) is 0.763. The number of amides is 1. The number of carbonyl (C=O) groups is 1. The molecule has 7 nitrogen and oxygen atoms in total. The molecule has 0 bridgehead atoms. The molecule has 0 fully saturated rings. The minimum Gasteiger partial charge on any atom is -0.493 e. The van der Waals surface area contributed by atoms with Gasteiger partial charge in [0, 0.05) is 12.1 Å². The number of fused-ring (bicyclic) bond motifs is 1. The molecule has 2 aromatic rings. The van der Waals surface area contributed by atoms with Crippen LogP contribution in [0.4, 0.5) is 0 Å². The van der Waals surface area contributed by atoms with Gasteiger partial charge in [-0.2, -0.15) is 0 Å². The van der Waals surface area contributed by atoms with E-state index in [2.05, 4.69) is 9.97 Å². The van der Waals surface area contributed by atoms with E-state index in [1.54, 1.807) is 23.1 Å². The molecule has 23 heavy (non-hydrogen) atoms. The fourth-order valence-corrected chi connectivity index (χ4v) is 2.76. The number of aromatic amines is 1. The quantitative estimate of drug-likeness (QED) is 0.913. The Morgan fingerprint density at radius 2 is 2.13 bits per heavy atom. The van der Waals surface area contributed by atoms with E-state index in [4.69, 9.17) is 9.47 Å². The van der Waals surface area contributed by atoms with Gasteiger partial charge in [-0.05, 0) is 18.6 Å². The normalized spacial score (nSPS) is 13.4. The molecule has 3 rings (SSSR count). The topological polar surface area (TPSA) is 84.5 Å². The van der Waals surface area contributed by atoms with Crippen molar-refractivity contribution in [3.63, 3.8) is 0 Å². The summed E-state index contributed by atoms with van der Waals surface area (Å²) in [4.78, 5) is 33.0. The van der Waals surface area contributed by atoms with Gasteiger partial charge < -0.3 is 19.4 Å². The standard InChI is InChI=1S/C16H17N3O4/c1-22-13-5-3-4-11(14(13)23-2)16(21)19-7-6-10-12(8-19)17-9-18-15(10)20/h3-5,9H,6-8H2,1-2H3,(H,17,18,20). The van der Waals surface area contributed by atoms with Crippen molar-refractivity contribution in [2.75, 3.05) is 20.8 Å². The maximum Gasteiger partial charge on any atom is 0.258 e. The van der Waals surface area contributed by atoms with Gasteiger partial charge in [-0.25, -0.2) is 4.98 Å². The third-order valence-corrected chi connectivity index (χ3v) is 3.93. The lowest BCUT2D eigenvalue weighted by Crippen LogP contribution is -2.39. The van der Waals surface area contributed by atoms with Crippen molar-refractivity contribution in [3.8, 4) is 11.5 Å². The molecule has 120 valence electrons. The average Bonchev–Trinajstić information content (AvgIpc) is 2.60. The summed E-state index contributed by atoms with van der Waals surface area (Å²) in [5.41, 5.74) is 1.57. The van der Waals surface area contributed by atoms with Crippen molar-refractivity contribution in [1.29, 1.82) is 0 Å². The molecule has 1 N–H and O–H groups in total. The Balaban J connectivity index is 1.92. The molecule has 0 aliphatic carbocycles. The predicted molar refractivity (Wildman–Crippen MR) is 82.8 cm³/mol. The average molecular weight is 315 g/mol. The summed E-state index contributed by atoms with van der Waals surface area (Å²) in [5.74, 6) is 0.739. The van der Waals surface area contributed by atoms with Crippen LogP contribution in [0.3, 0.4) is 0 Å². The highest BCUT2D eigenvalue weighted by Gasteiger charge is 2.27. The number of nitrogens with one attached hydrogen (secondary N) is 1. The summed E-state index contributed by atoms with van der Waals surface area (Å²) in [6, 6.07) is 5.18. The molecule has 0 atom stereocenters. The van der Waals surface area contributed by atoms with Crippen LogP contribution < -0.4 is 15.0 Å². The molecule has 2 heterocycles. The minimum absolute atomic E-state index is 0.138. The van der Waals surface area contributed by atoms with Gasteiger partial charge in [0.25, 0.3) is 11.5 Å². The lowest BCUT2D eigenvalue weighted by atomic mass is 10.0. The van der Waals surface area contributed by atoms with Crippen LogP contribution in [-0.2, 0) is 13.0 Å². The molecule has 0 spiro atoms. The van der Waals surface area contributed by atoms with Gasteiger partial charge in [-0.3, -0.25) is 9.59 Å². The third kappa shape index (κ3) is 2.65. The van der Waals surface area contributed by atoms with Crippen LogP contribution >= 0.6 is 0 Å². The number of hydrogen-bond acceptors (Lipinski definition) is 5. The first-order valence-electron chi connectivity index (χ1n) is 7.21. The van der Waals surface area contributed by atoms with Crippen LogP contribution in [0.2, 0.25) is 0 Å². The Hall–Kier alpha value is -2.83. The zero-order valence-corrected chi connectivity index (χ0v) is 13.0. The van der Waals surface area contributed by atoms with E-state index in [-0.39, 0.29) is 11.5 Å². The maximum atomic E-state index is 12.8. The summed E-state index contributed by atoms with van der Waals surface area (Å²) in [5, 5.41) is 0. The van der Waals surface area contributed by atoms with Gasteiger partial charge in [0.1, 0.15) is 0 Å². The Kier molecular flexibility index (Phi) is 4.01. The maximum absolute atomic E-state index is 12.8. The molecular formula is C16H17N3O4. The van der Waals surface area contributed by atoms with Gasteiger partial charge in [0.05, 0.1) is 38.3 Å². The van der Waals surface area contributed by atoms with E-state index < -0.39 is 0 Å². The van der Waals surface area contributed by atoms with Gasteiger partial charge in [0.15, 0.2) is 11.5 Å². The lowest BCUT2D eigenvalue weighted by molar-refractivity contribution is 0.0727. The van der Waals surface area contributed by atoms with Gasteiger partial charge in [-0.1, -0.05) is 6.07 Å². The number of ether oxygens (including phenoxy) is 2. The van der Waals surface area contributed by atoms with E-state index >= 15 is 0 Å².